The number of nitrogen functional groups attached to an aromatic ring is 1. The van der Waals surface area contributed by atoms with Crippen molar-refractivity contribution in [3.05, 3.63) is 33.8 Å². The van der Waals surface area contributed by atoms with Crippen molar-refractivity contribution in [1.29, 1.82) is 0 Å². The second kappa shape index (κ2) is 6.43. The number of hydrogen-bond donors (Lipinski definition) is 1. The summed E-state index contributed by atoms with van der Waals surface area (Å²) in [6.07, 6.45) is 2.15. The summed E-state index contributed by atoms with van der Waals surface area (Å²) in [5, 5.41) is 0.428. The molecular formula is C14H15BrClN6OP. The van der Waals surface area contributed by atoms with Crippen LogP contribution in [0.3, 0.4) is 0 Å². The maximum Gasteiger partial charge on any atom is 0.192 e. The van der Waals surface area contributed by atoms with Crippen molar-refractivity contribution in [2.45, 2.75) is 13.5 Å². The van der Waals surface area contributed by atoms with Gasteiger partial charge in [-0.1, -0.05) is 24.6 Å². The maximum absolute atomic E-state index is 12.6. The highest BCUT2D eigenvalue weighted by Crippen LogP contribution is 2.38. The first kappa shape index (κ1) is 17.3. The summed E-state index contributed by atoms with van der Waals surface area (Å²) in [5.41, 5.74) is 8.22. The quantitative estimate of drug-likeness (QED) is 0.389. The standard InChI is InChI=1S/C14H15BrClN6OP/c1-3-24(2,23)14-20-11(17)10-12(21-14)22(13(15)19-10)7-8-4-5-9(16)18-6-8/h4-6H,3,7H2,1-2H3,(H2,17,20,21)/t24-/m1/s1. The van der Waals surface area contributed by atoms with Crippen LogP contribution in [0.15, 0.2) is 23.1 Å². The maximum atomic E-state index is 12.6. The van der Waals surface area contributed by atoms with Crippen molar-refractivity contribution in [3.8, 4) is 0 Å². The van der Waals surface area contributed by atoms with E-state index < -0.39 is 7.14 Å². The number of halogens is 2. The normalized spacial score (nSPS) is 14.0. The van der Waals surface area contributed by atoms with E-state index in [-0.39, 0.29) is 11.4 Å². The van der Waals surface area contributed by atoms with E-state index >= 15 is 0 Å². The zero-order valence-corrected chi connectivity index (χ0v) is 16.3. The predicted molar refractivity (Wildman–Crippen MR) is 99.5 cm³/mol. The van der Waals surface area contributed by atoms with E-state index in [0.717, 1.165) is 5.56 Å². The summed E-state index contributed by atoms with van der Waals surface area (Å²) < 4.78 is 15.0. The van der Waals surface area contributed by atoms with Crippen molar-refractivity contribution in [3.63, 3.8) is 0 Å². The fourth-order valence-corrected chi connectivity index (χ4v) is 3.65. The Morgan fingerprint density at radius 1 is 1.33 bits per heavy atom. The lowest BCUT2D eigenvalue weighted by molar-refractivity contribution is 0.584. The molecule has 7 nitrogen and oxygen atoms in total. The number of imidazole rings is 1. The number of fused-ring (bicyclic) bond motifs is 1. The molecular weight excluding hydrogens is 415 g/mol. The van der Waals surface area contributed by atoms with Crippen molar-refractivity contribution < 1.29 is 4.57 Å². The van der Waals surface area contributed by atoms with E-state index in [1.807, 2.05) is 17.6 Å². The molecule has 0 fully saturated rings. The highest BCUT2D eigenvalue weighted by molar-refractivity contribution is 9.10. The molecule has 0 aromatic carbocycles. The highest BCUT2D eigenvalue weighted by atomic mass is 79.9. The molecule has 0 aliphatic carbocycles. The molecule has 3 aromatic heterocycles. The largest absolute Gasteiger partial charge is 0.382 e. The number of rotatable bonds is 4. The number of pyridine rings is 1. The van der Waals surface area contributed by atoms with Crippen LogP contribution in [0.1, 0.15) is 12.5 Å². The van der Waals surface area contributed by atoms with Gasteiger partial charge in [-0.05, 0) is 34.2 Å². The van der Waals surface area contributed by atoms with E-state index in [1.54, 1.807) is 18.9 Å². The average Bonchev–Trinajstić information content (AvgIpc) is 2.86. The minimum atomic E-state index is -2.65. The molecule has 0 saturated heterocycles. The van der Waals surface area contributed by atoms with Crippen LogP contribution in [0, 0.1) is 0 Å². The van der Waals surface area contributed by atoms with Gasteiger partial charge in [0, 0.05) is 12.4 Å². The third-order valence-electron chi connectivity index (χ3n) is 3.72. The Balaban J connectivity index is 2.15. The summed E-state index contributed by atoms with van der Waals surface area (Å²) >= 11 is 9.24. The molecule has 2 N–H and O–H groups in total. The lowest BCUT2D eigenvalue weighted by Gasteiger charge is -2.11. The van der Waals surface area contributed by atoms with Crippen LogP contribution in [-0.4, -0.2) is 37.3 Å². The Morgan fingerprint density at radius 3 is 2.71 bits per heavy atom. The van der Waals surface area contributed by atoms with E-state index in [9.17, 15) is 4.57 Å². The zero-order chi connectivity index (χ0) is 17.5. The van der Waals surface area contributed by atoms with E-state index in [0.29, 0.717) is 33.8 Å². The second-order valence-corrected chi connectivity index (χ2v) is 9.79. The summed E-state index contributed by atoms with van der Waals surface area (Å²) in [6, 6.07) is 3.59. The molecule has 10 heteroatoms. The van der Waals surface area contributed by atoms with Gasteiger partial charge in [0.05, 0.1) is 6.54 Å². The van der Waals surface area contributed by atoms with Crippen LogP contribution in [0.5, 0.6) is 0 Å². The fourth-order valence-electron chi connectivity index (χ4n) is 2.16. The Morgan fingerprint density at radius 2 is 2.08 bits per heavy atom. The monoisotopic (exact) mass is 428 g/mol. The van der Waals surface area contributed by atoms with Crippen LogP contribution < -0.4 is 11.3 Å². The highest BCUT2D eigenvalue weighted by Gasteiger charge is 2.23. The van der Waals surface area contributed by atoms with Gasteiger partial charge in [0.15, 0.2) is 27.3 Å². The van der Waals surface area contributed by atoms with Crippen LogP contribution in [0.4, 0.5) is 5.82 Å². The molecule has 0 unspecified atom stereocenters. The van der Waals surface area contributed by atoms with Crippen LogP contribution in [0.25, 0.3) is 11.2 Å². The molecule has 0 spiro atoms. The molecule has 3 heterocycles. The Kier molecular flexibility index (Phi) is 4.64. The van der Waals surface area contributed by atoms with Gasteiger partial charge in [0.1, 0.15) is 12.3 Å². The Hall–Kier alpha value is -1.50. The van der Waals surface area contributed by atoms with Gasteiger partial charge in [-0.2, -0.15) is 0 Å². The predicted octanol–water partition coefficient (Wildman–Crippen LogP) is 2.91. The van der Waals surface area contributed by atoms with Crippen molar-refractivity contribution >= 4 is 57.2 Å². The zero-order valence-electron chi connectivity index (χ0n) is 13.1. The summed E-state index contributed by atoms with van der Waals surface area (Å²) in [5.74, 6) is 0.221. The van der Waals surface area contributed by atoms with Gasteiger partial charge in [-0.25, -0.2) is 19.9 Å². The fraction of sp³-hybridized carbons (Fsp3) is 0.286. The molecule has 0 radical (unpaired) electrons. The minimum absolute atomic E-state index is 0.221. The van der Waals surface area contributed by atoms with Crippen molar-refractivity contribution in [2.75, 3.05) is 18.6 Å². The topological polar surface area (TPSA) is 99.6 Å². The van der Waals surface area contributed by atoms with Gasteiger partial charge in [0.25, 0.3) is 0 Å². The molecule has 0 amide bonds. The molecule has 3 rings (SSSR count). The van der Waals surface area contributed by atoms with Crippen molar-refractivity contribution in [2.24, 2.45) is 0 Å². The van der Waals surface area contributed by atoms with Gasteiger partial charge < -0.3 is 10.3 Å². The number of hydrogen-bond acceptors (Lipinski definition) is 6. The first-order valence-electron chi connectivity index (χ1n) is 7.18. The van der Waals surface area contributed by atoms with E-state index in [1.165, 1.54) is 0 Å². The Bertz CT molecular complexity index is 958. The second-order valence-electron chi connectivity index (χ2n) is 5.45. The van der Waals surface area contributed by atoms with Crippen LogP contribution in [0.2, 0.25) is 5.15 Å². The summed E-state index contributed by atoms with van der Waals surface area (Å²) in [6.45, 7) is 3.97. The molecule has 0 aliphatic rings. The molecule has 24 heavy (non-hydrogen) atoms. The molecule has 126 valence electrons. The molecule has 1 atom stereocenters. The van der Waals surface area contributed by atoms with Crippen LogP contribution >= 0.6 is 34.7 Å². The smallest absolute Gasteiger partial charge is 0.192 e. The summed E-state index contributed by atoms with van der Waals surface area (Å²) in [7, 11) is -2.65. The van der Waals surface area contributed by atoms with E-state index in [2.05, 4.69) is 35.9 Å². The molecule has 0 saturated carbocycles. The average molecular weight is 430 g/mol. The number of nitrogens with zero attached hydrogens (tertiary/aromatic N) is 5. The lowest BCUT2D eigenvalue weighted by Crippen LogP contribution is -2.18. The van der Waals surface area contributed by atoms with Gasteiger partial charge in [-0.3, -0.25) is 4.57 Å². The van der Waals surface area contributed by atoms with E-state index in [4.69, 9.17) is 17.3 Å². The van der Waals surface area contributed by atoms with Gasteiger partial charge in [0.2, 0.25) is 0 Å². The first-order chi connectivity index (χ1) is 11.3. The number of anilines is 1. The minimum Gasteiger partial charge on any atom is -0.382 e. The third kappa shape index (κ3) is 3.18. The first-order valence-corrected chi connectivity index (χ1v) is 10.7. The van der Waals surface area contributed by atoms with Crippen LogP contribution in [-0.2, 0) is 11.1 Å². The molecule has 0 bridgehead atoms. The SMILES string of the molecule is CC[P@@](C)(=O)c1nc(N)c2nc(Br)n(Cc3ccc(Cl)nc3)c2n1. The van der Waals surface area contributed by atoms with Gasteiger partial charge >= 0.3 is 0 Å². The third-order valence-corrected chi connectivity index (χ3v) is 6.80. The van der Waals surface area contributed by atoms with Gasteiger partial charge in [-0.15, -0.1) is 0 Å². The lowest BCUT2D eigenvalue weighted by atomic mass is 10.3. The molecule has 0 aliphatic heterocycles. The number of nitrogens with two attached hydrogens (primary N) is 1. The molecule has 3 aromatic rings. The summed E-state index contributed by atoms with van der Waals surface area (Å²) in [4.78, 5) is 17.1. The Labute approximate surface area is 152 Å². The van der Waals surface area contributed by atoms with Crippen molar-refractivity contribution in [1.82, 2.24) is 24.5 Å². The number of aromatic nitrogens is 5.